The zero-order chi connectivity index (χ0) is 59.9. The van der Waals surface area contributed by atoms with Crippen LogP contribution in [0, 0.1) is 28.4 Å². The van der Waals surface area contributed by atoms with Crippen LogP contribution in [0.1, 0.15) is 117 Å². The minimum Gasteiger partial charge on any atom is -0.489 e. The quantitative estimate of drug-likeness (QED) is 0.0308. The second-order valence-electron chi connectivity index (χ2n) is 20.0. The number of methoxy groups -OCH3 is 2. The summed E-state index contributed by atoms with van der Waals surface area (Å²) in [5.74, 6) is -8.73. The Morgan fingerprint density at radius 1 is 0.600 bits per heavy atom. The van der Waals surface area contributed by atoms with Crippen LogP contribution in [0.2, 0.25) is 0 Å². The third-order valence-electron chi connectivity index (χ3n) is 11.5. The Morgan fingerprint density at radius 2 is 1.15 bits per heavy atom. The number of nitrogens with one attached hydrogen (secondary N) is 5. The van der Waals surface area contributed by atoms with E-state index in [9.17, 15) is 43.2 Å². The van der Waals surface area contributed by atoms with Gasteiger partial charge in [0, 0.05) is 27.7 Å². The van der Waals surface area contributed by atoms with Gasteiger partial charge in [-0.15, -0.1) is 0 Å². The number of rotatable bonds is 41. The van der Waals surface area contributed by atoms with Crippen molar-refractivity contribution in [2.45, 2.75) is 143 Å². The van der Waals surface area contributed by atoms with Gasteiger partial charge in [0.05, 0.1) is 25.9 Å². The van der Waals surface area contributed by atoms with E-state index in [1.54, 1.807) is 66.0 Å². The minimum absolute atomic E-state index is 0.0348. The van der Waals surface area contributed by atoms with Gasteiger partial charge in [0.2, 0.25) is 5.91 Å². The van der Waals surface area contributed by atoms with Crippen molar-refractivity contribution < 1.29 is 80.9 Å². The number of esters is 1. The Kier molecular flexibility index (Phi) is 37.2. The SMILES string of the molecule is COCCOCCCC(=O)[C@@H](CCC(=O)OB=N)NC(=O)[C@H](CCC(=O)OB=N)CC(=O)[C@@H](CC(C)C)NC(=O)[C@H](CC(=O)OC(C)(C)C)CC(=O)[C@H](Cc1ccc(OCc2ccccc2)cc1)NC(C)=O.COCCOCCN. The van der Waals surface area contributed by atoms with Gasteiger partial charge in [-0.3, -0.25) is 14.4 Å². The number of ether oxygens (including phenoxy) is 6. The van der Waals surface area contributed by atoms with Crippen LogP contribution in [0.15, 0.2) is 54.6 Å². The first-order valence-corrected chi connectivity index (χ1v) is 26.7. The van der Waals surface area contributed by atoms with Crippen molar-refractivity contribution in [1.82, 2.24) is 16.0 Å². The molecular weight excluding hydrogens is 1040 g/mol. The molecule has 442 valence electrons. The summed E-state index contributed by atoms with van der Waals surface area (Å²) in [7, 11) is 4.00. The first kappa shape index (κ1) is 71.6. The summed E-state index contributed by atoms with van der Waals surface area (Å²) in [6.07, 6.45) is -2.69. The van der Waals surface area contributed by atoms with Crippen LogP contribution in [-0.4, -0.2) is 152 Å². The molecule has 0 saturated carbocycles. The molecule has 3 amide bonds. The normalized spacial score (nSPS) is 12.8. The molecule has 0 unspecified atom stereocenters. The summed E-state index contributed by atoms with van der Waals surface area (Å²) < 4.78 is 40.7. The fourth-order valence-electron chi connectivity index (χ4n) is 7.66. The monoisotopic (exact) mass is 1120 g/mol. The smallest absolute Gasteiger partial charge is 0.489 e. The van der Waals surface area contributed by atoms with Gasteiger partial charge in [-0.05, 0) is 50.5 Å². The van der Waals surface area contributed by atoms with E-state index >= 15 is 0 Å². The van der Waals surface area contributed by atoms with Crippen LogP contribution in [0.3, 0.4) is 0 Å². The fraction of sp³-hybridized carbons (Fsp3) is 0.618. The number of carbonyl (C=O) groups excluding carboxylic acids is 9. The number of hydrogen-bond acceptors (Lipinski definition) is 20. The number of Topliss-reactive ketones (excluding diaryl/α,β-unsaturated/α-hetero) is 3. The average molecular weight is 1120 g/mol. The van der Waals surface area contributed by atoms with E-state index in [0.29, 0.717) is 72.0 Å². The molecule has 23 nitrogen and oxygen atoms in total. The van der Waals surface area contributed by atoms with Gasteiger partial charge >= 0.3 is 248 Å². The van der Waals surface area contributed by atoms with E-state index < -0.39 is 114 Å². The maximum absolute atomic E-state index is 14.4. The van der Waals surface area contributed by atoms with Gasteiger partial charge < -0.3 is 34.7 Å². The van der Waals surface area contributed by atoms with Crippen LogP contribution < -0.4 is 26.4 Å². The number of carbonyl (C=O) groups is 9. The van der Waals surface area contributed by atoms with Crippen LogP contribution >= 0.6 is 0 Å². The molecular formula is C55H84B2N6O17. The molecule has 80 heavy (non-hydrogen) atoms. The van der Waals surface area contributed by atoms with Crippen molar-refractivity contribution >= 4 is 67.5 Å². The maximum atomic E-state index is 14.4. The molecule has 2 rings (SSSR count). The number of hydrogen-bond donors (Lipinski definition) is 6. The van der Waals surface area contributed by atoms with E-state index in [1.165, 1.54) is 14.0 Å². The summed E-state index contributed by atoms with van der Waals surface area (Å²) in [6, 6.07) is 12.9. The number of ketones is 3. The van der Waals surface area contributed by atoms with E-state index in [4.69, 9.17) is 44.8 Å². The Bertz CT molecular complexity index is 2230. The van der Waals surface area contributed by atoms with Gasteiger partial charge in [-0.1, -0.05) is 42.5 Å². The molecule has 5 atom stereocenters. The Labute approximate surface area is 471 Å². The van der Waals surface area contributed by atoms with Gasteiger partial charge in [0.25, 0.3) is 0 Å². The van der Waals surface area contributed by atoms with Crippen molar-refractivity contribution in [1.29, 1.82) is 10.6 Å². The minimum atomic E-state index is -1.38. The van der Waals surface area contributed by atoms with E-state index in [-0.39, 0.29) is 57.5 Å². The van der Waals surface area contributed by atoms with Gasteiger partial charge in [0.15, 0.2) is 5.78 Å². The zero-order valence-electron chi connectivity index (χ0n) is 47.8. The fourth-order valence-corrected chi connectivity index (χ4v) is 7.66. The van der Waals surface area contributed by atoms with E-state index in [2.05, 4.69) is 25.3 Å². The third kappa shape index (κ3) is 33.9. The number of nitrogens with two attached hydrogens (primary N) is 1. The Morgan fingerprint density at radius 3 is 1.70 bits per heavy atom. The molecule has 2 aromatic carbocycles. The van der Waals surface area contributed by atoms with Crippen molar-refractivity contribution in [2.24, 2.45) is 23.5 Å². The summed E-state index contributed by atoms with van der Waals surface area (Å²) in [5, 5.41) is 22.2. The Balaban J connectivity index is 0.00000369. The molecule has 0 spiro atoms. The Hall–Kier alpha value is -6.40. The van der Waals surface area contributed by atoms with Crippen LogP contribution in [0.5, 0.6) is 5.75 Å². The van der Waals surface area contributed by atoms with E-state index in [1.807, 2.05) is 30.3 Å². The van der Waals surface area contributed by atoms with E-state index in [0.717, 1.165) is 5.56 Å². The third-order valence-corrected chi connectivity index (χ3v) is 11.5. The average Bonchev–Trinajstić information content (AvgIpc) is 3.39. The standard InChI is InChI=1S/C50H71B2N5O15.C5H13NO2/c1-32(2)26-40(43(60)28-36(17-21-45(62)71-51-53)48(65)56-39(20-22-46(63)72-52-54)42(59)14-11-23-68-25-24-67-7)57-49(66)37(30-47(64)70-50(4,5)6)29-44(61)41(55-33(3)58)27-34-15-18-38(19-16-34)69-31-35-12-9-8-10-13-35;1-7-4-5-8-3-2-6/h8-10,12-13,15-16,18-19,32,36-37,39-41,53-54H,11,14,17,20-31H2,1-7H3,(H,55,58)(H,56,65)(H,57,66);2-6H2,1H3/t36-,37+,39-,40-,41+;/m1./s1. The molecule has 7 N–H and O–H groups in total. The van der Waals surface area contributed by atoms with Crippen molar-refractivity contribution in [3.63, 3.8) is 0 Å². The molecule has 0 aromatic heterocycles. The number of amides is 3. The van der Waals surface area contributed by atoms with Gasteiger partial charge in [-0.2, -0.15) is 0 Å². The first-order chi connectivity index (χ1) is 38.0. The van der Waals surface area contributed by atoms with Gasteiger partial charge in [-0.25, -0.2) is 0 Å². The molecule has 2 aromatic rings. The number of benzene rings is 2. The molecule has 0 aliphatic heterocycles. The second kappa shape index (κ2) is 41.6. The van der Waals surface area contributed by atoms with Crippen molar-refractivity contribution in [3.8, 4) is 5.75 Å². The molecule has 0 heterocycles. The molecule has 0 aliphatic rings. The molecule has 0 fully saturated rings. The van der Waals surface area contributed by atoms with Gasteiger partial charge in [0.1, 0.15) is 18.0 Å². The summed E-state index contributed by atoms with van der Waals surface area (Å²) in [4.78, 5) is 121. The predicted octanol–water partition coefficient (Wildman–Crippen LogP) is 4.24. The molecule has 0 bridgehead atoms. The van der Waals surface area contributed by atoms with Crippen LogP contribution in [-0.2, 0) is 89.2 Å². The molecule has 0 aliphatic carbocycles. The van der Waals surface area contributed by atoms with Crippen LogP contribution in [0.25, 0.3) is 0 Å². The zero-order valence-corrected chi connectivity index (χ0v) is 47.8. The topological polar surface area (TPSA) is 337 Å². The first-order valence-electron chi connectivity index (χ1n) is 26.7. The molecule has 0 radical (unpaired) electrons. The summed E-state index contributed by atoms with van der Waals surface area (Å²) in [6.45, 7) is 13.4. The summed E-state index contributed by atoms with van der Waals surface area (Å²) in [5.41, 5.74) is 5.82. The molecule has 0 saturated heterocycles. The molecule has 25 heteroatoms. The summed E-state index contributed by atoms with van der Waals surface area (Å²) >= 11 is 0. The van der Waals surface area contributed by atoms with Crippen LogP contribution in [0.4, 0.5) is 0 Å². The van der Waals surface area contributed by atoms with Crippen molar-refractivity contribution in [3.05, 3.63) is 65.7 Å². The van der Waals surface area contributed by atoms with Crippen molar-refractivity contribution in [2.75, 3.05) is 60.4 Å². The second-order valence-corrected chi connectivity index (χ2v) is 20.0. The predicted molar refractivity (Wildman–Crippen MR) is 295 cm³/mol.